The fourth-order valence-electron chi connectivity index (χ4n) is 3.50. The number of rotatable bonds is 4. The van der Waals surface area contributed by atoms with E-state index in [0.717, 1.165) is 16.5 Å². The number of aromatic amines is 1. The Bertz CT molecular complexity index is 1390. The Balaban J connectivity index is 1.28. The Kier molecular flexibility index (Phi) is 5.16. The maximum atomic E-state index is 12.2. The van der Waals surface area contributed by atoms with Crippen LogP contribution in [0.4, 0.5) is 5.95 Å². The van der Waals surface area contributed by atoms with Crippen LogP contribution >= 0.6 is 0 Å². The van der Waals surface area contributed by atoms with Gasteiger partial charge < -0.3 is 15.3 Å². The molecule has 3 N–H and O–H groups in total. The number of anilines is 1. The Morgan fingerprint density at radius 1 is 1.18 bits per heavy atom. The predicted octanol–water partition coefficient (Wildman–Crippen LogP) is 1.21. The molecule has 4 aromatic rings. The van der Waals surface area contributed by atoms with Crippen molar-refractivity contribution in [2.75, 3.05) is 25.0 Å². The molecule has 0 saturated carbocycles. The molecule has 1 aliphatic rings. The summed E-state index contributed by atoms with van der Waals surface area (Å²) in [5, 5.41) is 20.6. The van der Waals surface area contributed by atoms with Gasteiger partial charge >= 0.3 is 0 Å². The zero-order valence-electron chi connectivity index (χ0n) is 17.8. The van der Waals surface area contributed by atoms with Gasteiger partial charge in [-0.3, -0.25) is 9.89 Å². The quantitative estimate of drug-likeness (QED) is 0.404. The maximum Gasteiger partial charge on any atom is 0.242 e. The highest BCUT2D eigenvalue weighted by molar-refractivity contribution is 5.81. The molecule has 1 aliphatic heterocycles. The Labute approximate surface area is 189 Å². The highest BCUT2D eigenvalue weighted by Crippen LogP contribution is 2.20. The summed E-state index contributed by atoms with van der Waals surface area (Å²) in [5.74, 6) is 6.73. The molecular formula is C23H20N8O2. The van der Waals surface area contributed by atoms with E-state index in [-0.39, 0.29) is 12.5 Å². The van der Waals surface area contributed by atoms with Crippen LogP contribution in [0, 0.1) is 11.8 Å². The number of aliphatic hydroxyl groups is 1. The third-order valence-electron chi connectivity index (χ3n) is 5.13. The number of β-amino-alcohol motifs (C(OH)–C–C–N with tert-alkyl or cyclic N) is 1. The van der Waals surface area contributed by atoms with Crippen molar-refractivity contribution in [2.45, 2.75) is 12.5 Å². The average molecular weight is 440 g/mol. The lowest BCUT2D eigenvalue weighted by Gasteiger charge is -2.44. The van der Waals surface area contributed by atoms with Crippen molar-refractivity contribution in [3.63, 3.8) is 0 Å². The molecule has 10 nitrogen and oxygen atoms in total. The van der Waals surface area contributed by atoms with Crippen LogP contribution in [0.3, 0.4) is 0 Å². The van der Waals surface area contributed by atoms with Gasteiger partial charge in [0.05, 0.1) is 36.9 Å². The van der Waals surface area contributed by atoms with Crippen molar-refractivity contribution in [1.82, 2.24) is 35.0 Å². The summed E-state index contributed by atoms with van der Waals surface area (Å²) in [5.41, 5.74) is 2.07. The third kappa shape index (κ3) is 4.63. The first-order chi connectivity index (χ1) is 15.9. The number of fused-ring (bicyclic) bond motifs is 1. The second-order valence-corrected chi connectivity index (χ2v) is 8.05. The molecule has 1 fully saturated rings. The third-order valence-corrected chi connectivity index (χ3v) is 5.13. The zero-order chi connectivity index (χ0) is 22.8. The fraction of sp³-hybridized carbons (Fsp3) is 0.217. The van der Waals surface area contributed by atoms with Gasteiger partial charge in [0.2, 0.25) is 11.9 Å². The molecule has 0 aliphatic carbocycles. The minimum absolute atomic E-state index is 0.0346. The number of H-pyrrole nitrogens is 1. The van der Waals surface area contributed by atoms with Crippen LogP contribution < -0.4 is 5.32 Å². The first-order valence-electron chi connectivity index (χ1n) is 10.3. The van der Waals surface area contributed by atoms with Gasteiger partial charge in [0.15, 0.2) is 5.82 Å². The normalized spacial score (nSPS) is 14.3. The molecule has 33 heavy (non-hydrogen) atoms. The molecule has 5 rings (SSSR count). The number of nitrogens with zero attached hydrogens (tertiary/aromatic N) is 6. The topological polar surface area (TPSA) is 133 Å². The van der Waals surface area contributed by atoms with Gasteiger partial charge in [0, 0.05) is 23.3 Å². The molecule has 4 heterocycles. The average Bonchev–Trinajstić information content (AvgIpc) is 3.28. The van der Waals surface area contributed by atoms with Crippen LogP contribution in [0.25, 0.3) is 22.4 Å². The highest BCUT2D eigenvalue weighted by Gasteiger charge is 2.39. The second-order valence-electron chi connectivity index (χ2n) is 8.05. The predicted molar refractivity (Wildman–Crippen MR) is 121 cm³/mol. The lowest BCUT2D eigenvalue weighted by molar-refractivity contribution is -0.150. The van der Waals surface area contributed by atoms with E-state index >= 15 is 0 Å². The van der Waals surface area contributed by atoms with Crippen molar-refractivity contribution in [1.29, 1.82) is 0 Å². The van der Waals surface area contributed by atoms with Gasteiger partial charge in [0.25, 0.3) is 0 Å². The molecular weight excluding hydrogens is 420 g/mol. The zero-order valence-corrected chi connectivity index (χ0v) is 17.8. The smallest absolute Gasteiger partial charge is 0.242 e. The second kappa shape index (κ2) is 8.29. The van der Waals surface area contributed by atoms with Crippen LogP contribution in [-0.2, 0) is 4.79 Å². The summed E-state index contributed by atoms with van der Waals surface area (Å²) < 4.78 is 0. The Hall–Kier alpha value is -4.36. The highest BCUT2D eigenvalue weighted by atomic mass is 16.3. The summed E-state index contributed by atoms with van der Waals surface area (Å²) in [7, 11) is 0. The minimum atomic E-state index is -0.802. The van der Waals surface area contributed by atoms with E-state index < -0.39 is 5.60 Å². The van der Waals surface area contributed by atoms with Crippen LogP contribution in [0.1, 0.15) is 18.2 Å². The van der Waals surface area contributed by atoms with E-state index in [1.165, 1.54) is 0 Å². The standard InChI is InChI=1S/C23H20N8O2/c1-23(33)13-31(14-23)20(32)12-26-22-25-9-7-19(29-22)21-24-8-6-17(28-21)4-2-15-3-5-18-16(10-15)11-27-30-18/h3,5-11,33H,12-14H2,1H3,(H,27,30)(H,25,26,29). The lowest BCUT2D eigenvalue weighted by atomic mass is 9.97. The van der Waals surface area contributed by atoms with Crippen molar-refractivity contribution < 1.29 is 9.90 Å². The molecule has 1 aromatic carbocycles. The van der Waals surface area contributed by atoms with Gasteiger partial charge in [-0.05, 0) is 43.2 Å². The monoisotopic (exact) mass is 440 g/mol. The van der Waals surface area contributed by atoms with Crippen molar-refractivity contribution in [3.8, 4) is 23.4 Å². The molecule has 1 saturated heterocycles. The number of hydrogen-bond acceptors (Lipinski definition) is 8. The number of benzene rings is 1. The Morgan fingerprint density at radius 3 is 2.88 bits per heavy atom. The molecule has 0 radical (unpaired) electrons. The number of aromatic nitrogens is 6. The summed E-state index contributed by atoms with van der Waals surface area (Å²) in [6.07, 6.45) is 4.95. The molecule has 0 spiro atoms. The summed E-state index contributed by atoms with van der Waals surface area (Å²) in [6.45, 7) is 2.39. The fourth-order valence-corrected chi connectivity index (χ4v) is 3.50. The van der Waals surface area contributed by atoms with Gasteiger partial charge in [0.1, 0.15) is 11.4 Å². The number of amides is 1. The lowest BCUT2D eigenvalue weighted by Crippen LogP contribution is -2.62. The largest absolute Gasteiger partial charge is 0.386 e. The van der Waals surface area contributed by atoms with Gasteiger partial charge in [-0.2, -0.15) is 5.10 Å². The van der Waals surface area contributed by atoms with Crippen LogP contribution in [0.15, 0.2) is 48.9 Å². The van der Waals surface area contributed by atoms with Crippen molar-refractivity contribution >= 4 is 22.8 Å². The van der Waals surface area contributed by atoms with E-state index in [9.17, 15) is 9.90 Å². The molecule has 164 valence electrons. The van der Waals surface area contributed by atoms with Crippen molar-refractivity contribution in [2.24, 2.45) is 0 Å². The molecule has 0 atom stereocenters. The number of carbonyl (C=O) groups is 1. The first-order valence-corrected chi connectivity index (χ1v) is 10.3. The van der Waals surface area contributed by atoms with Crippen LogP contribution in [-0.4, -0.2) is 71.3 Å². The summed E-state index contributed by atoms with van der Waals surface area (Å²) in [4.78, 5) is 31.1. The van der Waals surface area contributed by atoms with Crippen molar-refractivity contribution in [3.05, 3.63) is 60.2 Å². The van der Waals surface area contributed by atoms with E-state index in [2.05, 4.69) is 47.3 Å². The van der Waals surface area contributed by atoms with Crippen LogP contribution in [0.2, 0.25) is 0 Å². The minimum Gasteiger partial charge on any atom is -0.386 e. The number of carbonyl (C=O) groups excluding carboxylic acids is 1. The molecule has 0 bridgehead atoms. The molecule has 0 unspecified atom stereocenters. The maximum absolute atomic E-state index is 12.2. The van der Waals surface area contributed by atoms with E-state index in [4.69, 9.17) is 0 Å². The number of hydrogen-bond donors (Lipinski definition) is 3. The van der Waals surface area contributed by atoms with Gasteiger partial charge in [-0.15, -0.1) is 0 Å². The molecule has 1 amide bonds. The first kappa shape index (κ1) is 20.5. The number of likely N-dealkylation sites (tertiary alicyclic amines) is 1. The molecule has 10 heteroatoms. The van der Waals surface area contributed by atoms with E-state index in [0.29, 0.717) is 36.3 Å². The van der Waals surface area contributed by atoms with Crippen LogP contribution in [0.5, 0.6) is 0 Å². The van der Waals surface area contributed by atoms with E-state index in [1.807, 2.05) is 18.2 Å². The number of nitrogens with one attached hydrogen (secondary N) is 2. The van der Waals surface area contributed by atoms with E-state index in [1.54, 1.807) is 42.5 Å². The molecule has 3 aromatic heterocycles. The Morgan fingerprint density at radius 2 is 2.03 bits per heavy atom. The van der Waals surface area contributed by atoms with Gasteiger partial charge in [-0.25, -0.2) is 19.9 Å². The summed E-state index contributed by atoms with van der Waals surface area (Å²) in [6, 6.07) is 9.23. The summed E-state index contributed by atoms with van der Waals surface area (Å²) >= 11 is 0. The van der Waals surface area contributed by atoms with Gasteiger partial charge in [-0.1, -0.05) is 5.92 Å². The SMILES string of the molecule is CC1(O)CN(C(=O)CNc2nccc(-c3nccc(C#Cc4ccc5[nH]ncc5c4)n3)n2)C1.